The van der Waals surface area contributed by atoms with Gasteiger partial charge in [0, 0.05) is 13.1 Å². The van der Waals surface area contributed by atoms with Crippen molar-refractivity contribution in [3.63, 3.8) is 0 Å². The number of carbonyl (C=O) groups is 2. The van der Waals surface area contributed by atoms with Gasteiger partial charge in [-0.15, -0.1) is 0 Å². The normalized spacial score (nSPS) is 12.0. The lowest BCUT2D eigenvalue weighted by Gasteiger charge is -2.32. The van der Waals surface area contributed by atoms with E-state index in [-0.39, 0.29) is 17.3 Å². The van der Waals surface area contributed by atoms with Crippen LogP contribution in [0.15, 0.2) is 77.7 Å². The molecule has 0 saturated carbocycles. The molecule has 0 aliphatic heterocycles. The van der Waals surface area contributed by atoms with E-state index < -0.39 is 28.5 Å². The Kier molecular flexibility index (Phi) is 9.10. The second-order valence-corrected chi connectivity index (χ2v) is 11.0. The highest BCUT2D eigenvalue weighted by Gasteiger charge is 2.33. The number of anilines is 1. The number of benzene rings is 3. The largest absolute Gasteiger partial charge is 0.355 e. The van der Waals surface area contributed by atoms with Crippen LogP contribution in [-0.2, 0) is 26.2 Å². The fourth-order valence-corrected chi connectivity index (χ4v) is 5.53. The molecule has 0 saturated heterocycles. The summed E-state index contributed by atoms with van der Waals surface area (Å²) in [6, 6.07) is 20.3. The molecular weight excluding hydrogens is 486 g/mol. The number of nitrogens with zero attached hydrogens (tertiary/aromatic N) is 2. The Bertz CT molecular complexity index is 1340. The highest BCUT2D eigenvalue weighted by molar-refractivity contribution is 7.92. The second kappa shape index (κ2) is 12.1. The second-order valence-electron chi connectivity index (χ2n) is 9.12. The van der Waals surface area contributed by atoms with Gasteiger partial charge in [-0.3, -0.25) is 13.9 Å². The van der Waals surface area contributed by atoms with E-state index in [1.165, 1.54) is 17.0 Å². The van der Waals surface area contributed by atoms with Crippen molar-refractivity contribution >= 4 is 27.5 Å². The molecule has 0 heterocycles. The van der Waals surface area contributed by atoms with Crippen LogP contribution in [0.5, 0.6) is 0 Å². The molecule has 0 unspecified atom stereocenters. The average Bonchev–Trinajstić information content (AvgIpc) is 2.88. The van der Waals surface area contributed by atoms with Gasteiger partial charge >= 0.3 is 0 Å². The molecule has 8 heteroatoms. The van der Waals surface area contributed by atoms with Crippen molar-refractivity contribution in [1.29, 1.82) is 0 Å². The maximum absolute atomic E-state index is 13.9. The lowest BCUT2D eigenvalue weighted by Crippen LogP contribution is -2.51. The molecule has 0 aromatic heterocycles. The smallest absolute Gasteiger partial charge is 0.264 e. The lowest BCUT2D eigenvalue weighted by molar-refractivity contribution is -0.139. The summed E-state index contributed by atoms with van der Waals surface area (Å²) in [5, 5.41) is 2.77. The Morgan fingerprint density at radius 1 is 0.892 bits per heavy atom. The van der Waals surface area contributed by atoms with Crippen molar-refractivity contribution in [3.8, 4) is 0 Å². The highest BCUT2D eigenvalue weighted by Crippen LogP contribution is 2.29. The first-order valence-electron chi connectivity index (χ1n) is 12.3. The van der Waals surface area contributed by atoms with Crippen molar-refractivity contribution in [3.05, 3.63) is 95.1 Å². The number of nitrogens with one attached hydrogen (secondary N) is 1. The molecule has 0 bridgehead atoms. The van der Waals surface area contributed by atoms with Crippen LogP contribution >= 0.6 is 0 Å². The standard InChI is InChI=1S/C29H35N3O4S/c1-6-30-29(34)24(5)31(19-25-17-15-21(2)16-18-25)28(33)20-32(27-14-10-11-22(3)23(27)4)37(35,36)26-12-8-7-9-13-26/h7-18,24H,6,19-20H2,1-5H3,(H,30,34)/t24-/m0/s1. The van der Waals surface area contributed by atoms with E-state index in [9.17, 15) is 18.0 Å². The first kappa shape index (κ1) is 27.9. The maximum atomic E-state index is 13.9. The first-order valence-corrected chi connectivity index (χ1v) is 13.8. The molecule has 3 rings (SSSR count). The van der Waals surface area contributed by atoms with Crippen LogP contribution < -0.4 is 9.62 Å². The molecule has 0 fully saturated rings. The minimum atomic E-state index is -4.07. The molecule has 0 aliphatic carbocycles. The summed E-state index contributed by atoms with van der Waals surface area (Å²) in [7, 11) is -4.07. The third kappa shape index (κ3) is 6.57. The maximum Gasteiger partial charge on any atom is 0.264 e. The van der Waals surface area contributed by atoms with E-state index in [4.69, 9.17) is 0 Å². The number of likely N-dealkylation sites (N-methyl/N-ethyl adjacent to an activating group) is 1. The molecule has 0 spiro atoms. The summed E-state index contributed by atoms with van der Waals surface area (Å²) in [5.74, 6) is -0.771. The summed E-state index contributed by atoms with van der Waals surface area (Å²) in [6.07, 6.45) is 0. The number of hydrogen-bond acceptors (Lipinski definition) is 4. The van der Waals surface area contributed by atoms with Gasteiger partial charge in [0.05, 0.1) is 10.6 Å². The van der Waals surface area contributed by atoms with Crippen molar-refractivity contribution in [2.45, 2.75) is 52.1 Å². The van der Waals surface area contributed by atoms with E-state index in [2.05, 4.69) is 5.32 Å². The zero-order valence-electron chi connectivity index (χ0n) is 22.1. The van der Waals surface area contributed by atoms with Gasteiger partial charge in [-0.25, -0.2) is 8.42 Å². The van der Waals surface area contributed by atoms with Crippen molar-refractivity contribution in [2.24, 2.45) is 0 Å². The van der Waals surface area contributed by atoms with E-state index in [0.717, 1.165) is 26.6 Å². The molecular formula is C29H35N3O4S. The van der Waals surface area contributed by atoms with Crippen LogP contribution in [0, 0.1) is 20.8 Å². The Morgan fingerprint density at radius 2 is 1.54 bits per heavy atom. The van der Waals surface area contributed by atoms with Gasteiger partial charge in [0.25, 0.3) is 10.0 Å². The third-order valence-electron chi connectivity index (χ3n) is 6.45. The Balaban J connectivity index is 2.06. The van der Waals surface area contributed by atoms with E-state index >= 15 is 0 Å². The summed E-state index contributed by atoms with van der Waals surface area (Å²) >= 11 is 0. The van der Waals surface area contributed by atoms with E-state index in [1.807, 2.05) is 58.0 Å². The van der Waals surface area contributed by atoms with Crippen LogP contribution in [0.3, 0.4) is 0 Å². The first-order chi connectivity index (χ1) is 17.6. The van der Waals surface area contributed by atoms with Crippen LogP contribution in [-0.4, -0.2) is 44.3 Å². The third-order valence-corrected chi connectivity index (χ3v) is 8.22. The topological polar surface area (TPSA) is 86.8 Å². The number of amides is 2. The number of aryl methyl sites for hydroxylation is 2. The van der Waals surface area contributed by atoms with Gasteiger partial charge in [-0.05, 0) is 69.5 Å². The summed E-state index contributed by atoms with van der Waals surface area (Å²) in [4.78, 5) is 28.2. The molecule has 0 aliphatic rings. The van der Waals surface area contributed by atoms with Crippen LogP contribution in [0.2, 0.25) is 0 Å². The van der Waals surface area contributed by atoms with Gasteiger partial charge < -0.3 is 10.2 Å². The molecule has 7 nitrogen and oxygen atoms in total. The van der Waals surface area contributed by atoms with E-state index in [0.29, 0.717) is 12.2 Å². The van der Waals surface area contributed by atoms with Gasteiger partial charge in [0.2, 0.25) is 11.8 Å². The Labute approximate surface area is 220 Å². The number of hydrogen-bond donors (Lipinski definition) is 1. The lowest BCUT2D eigenvalue weighted by atomic mass is 10.1. The number of rotatable bonds is 10. The zero-order valence-corrected chi connectivity index (χ0v) is 22.9. The van der Waals surface area contributed by atoms with Gasteiger partial charge in [0.1, 0.15) is 12.6 Å². The van der Waals surface area contributed by atoms with Crippen LogP contribution in [0.25, 0.3) is 0 Å². The molecule has 2 amide bonds. The predicted molar refractivity (Wildman–Crippen MR) is 147 cm³/mol. The predicted octanol–water partition coefficient (Wildman–Crippen LogP) is 4.36. The van der Waals surface area contributed by atoms with Crippen molar-refractivity contribution in [2.75, 3.05) is 17.4 Å². The van der Waals surface area contributed by atoms with E-state index in [1.54, 1.807) is 37.3 Å². The zero-order chi connectivity index (χ0) is 27.2. The molecule has 3 aromatic carbocycles. The van der Waals surface area contributed by atoms with Crippen molar-refractivity contribution in [1.82, 2.24) is 10.2 Å². The van der Waals surface area contributed by atoms with Crippen LogP contribution in [0.4, 0.5) is 5.69 Å². The molecule has 3 aromatic rings. The summed E-state index contributed by atoms with van der Waals surface area (Å²) < 4.78 is 28.8. The summed E-state index contributed by atoms with van der Waals surface area (Å²) in [5.41, 5.74) is 4.02. The Hall–Kier alpha value is -3.65. The minimum Gasteiger partial charge on any atom is -0.355 e. The molecule has 1 N–H and O–H groups in total. The molecule has 1 atom stereocenters. The van der Waals surface area contributed by atoms with Gasteiger partial charge in [0.15, 0.2) is 0 Å². The van der Waals surface area contributed by atoms with Crippen LogP contribution in [0.1, 0.15) is 36.1 Å². The molecule has 196 valence electrons. The fraction of sp³-hybridized carbons (Fsp3) is 0.310. The molecule has 37 heavy (non-hydrogen) atoms. The quantitative estimate of drug-likeness (QED) is 0.430. The number of sulfonamides is 1. The molecule has 0 radical (unpaired) electrons. The number of carbonyl (C=O) groups excluding carboxylic acids is 2. The van der Waals surface area contributed by atoms with Gasteiger partial charge in [-0.1, -0.05) is 60.2 Å². The van der Waals surface area contributed by atoms with Gasteiger partial charge in [-0.2, -0.15) is 0 Å². The fourth-order valence-electron chi connectivity index (χ4n) is 4.03. The monoisotopic (exact) mass is 521 g/mol. The Morgan fingerprint density at radius 3 is 2.16 bits per heavy atom. The summed E-state index contributed by atoms with van der Waals surface area (Å²) in [6.45, 7) is 9.32. The van der Waals surface area contributed by atoms with Crippen molar-refractivity contribution < 1.29 is 18.0 Å². The average molecular weight is 522 g/mol. The highest BCUT2D eigenvalue weighted by atomic mass is 32.2. The SMILES string of the molecule is CCNC(=O)[C@H](C)N(Cc1ccc(C)cc1)C(=O)CN(c1cccc(C)c1C)S(=O)(=O)c1ccccc1. The minimum absolute atomic E-state index is 0.0885.